The van der Waals surface area contributed by atoms with Crippen LogP contribution in [0.3, 0.4) is 0 Å². The van der Waals surface area contributed by atoms with E-state index in [9.17, 15) is 17.7 Å². The maximum absolute atomic E-state index is 11.8. The van der Waals surface area contributed by atoms with Crippen LogP contribution in [0.1, 0.15) is 5.56 Å². The van der Waals surface area contributed by atoms with E-state index in [4.69, 9.17) is 9.79 Å². The summed E-state index contributed by atoms with van der Waals surface area (Å²) in [6, 6.07) is 4.97. The fourth-order valence-electron chi connectivity index (χ4n) is 0.955. The Balaban J connectivity index is 2.57. The minimum absolute atomic E-state index is 0.0604. The van der Waals surface area contributed by atoms with Crippen LogP contribution >= 0.6 is 7.82 Å². The summed E-state index contributed by atoms with van der Waals surface area (Å²) < 4.78 is 54.2. The molecule has 18 heavy (non-hydrogen) atoms. The smallest absolute Gasteiger partial charge is 0.404 e. The van der Waals surface area contributed by atoms with Crippen molar-refractivity contribution in [1.82, 2.24) is 0 Å². The van der Waals surface area contributed by atoms with E-state index in [1.165, 1.54) is 18.2 Å². The average molecular weight is 284 g/mol. The number of ether oxygens (including phenoxy) is 1. The molecule has 0 saturated heterocycles. The van der Waals surface area contributed by atoms with Crippen molar-refractivity contribution in [2.24, 2.45) is 0 Å². The van der Waals surface area contributed by atoms with Crippen molar-refractivity contribution < 1.29 is 36.8 Å². The predicted molar refractivity (Wildman–Crippen MR) is 53.5 cm³/mol. The maximum Gasteiger partial charge on any atom is 0.524 e. The third-order valence-corrected chi connectivity index (χ3v) is 1.93. The summed E-state index contributed by atoms with van der Waals surface area (Å²) in [5.41, 5.74) is 0.0604. The molecule has 0 aromatic heterocycles. The second-order valence-corrected chi connectivity index (χ2v) is 4.28. The molecule has 0 saturated carbocycles. The van der Waals surface area contributed by atoms with Crippen LogP contribution < -0.4 is 4.52 Å². The van der Waals surface area contributed by atoms with Crippen molar-refractivity contribution in [3.8, 4) is 5.75 Å². The normalized spacial score (nSPS) is 12.5. The molecule has 1 aromatic rings. The molecular formula is C9H8F3O5P. The van der Waals surface area contributed by atoms with Crippen LogP contribution in [0, 0.1) is 6.61 Å². The highest BCUT2D eigenvalue weighted by Crippen LogP contribution is 2.37. The summed E-state index contributed by atoms with van der Waals surface area (Å²) in [7, 11) is -4.71. The SMILES string of the molecule is O=P(O)(O)Oc1cccc([C]OCC(F)(F)F)c1. The molecule has 0 aliphatic rings. The average Bonchev–Trinajstić information content (AvgIpc) is 2.13. The van der Waals surface area contributed by atoms with Gasteiger partial charge >= 0.3 is 14.0 Å². The number of hydrogen-bond donors (Lipinski definition) is 2. The second-order valence-electron chi connectivity index (χ2n) is 3.12. The topological polar surface area (TPSA) is 76.0 Å². The van der Waals surface area contributed by atoms with Gasteiger partial charge in [0.05, 0.1) is 0 Å². The van der Waals surface area contributed by atoms with Crippen molar-refractivity contribution in [1.29, 1.82) is 0 Å². The molecule has 9 heteroatoms. The van der Waals surface area contributed by atoms with Crippen LogP contribution in [-0.4, -0.2) is 22.6 Å². The first-order valence-electron chi connectivity index (χ1n) is 4.45. The standard InChI is InChI=1S/C9H8F3O5P/c10-9(11,12)6-16-5-7-2-1-3-8(4-7)17-18(13,14)15/h1-4H,6H2,(H2,13,14,15). The summed E-state index contributed by atoms with van der Waals surface area (Å²) in [5, 5.41) is 0. The minimum atomic E-state index is -4.71. The monoisotopic (exact) mass is 284 g/mol. The summed E-state index contributed by atoms with van der Waals surface area (Å²) >= 11 is 0. The molecule has 0 bridgehead atoms. The van der Waals surface area contributed by atoms with Gasteiger partial charge in [-0.05, 0) is 17.7 Å². The van der Waals surface area contributed by atoms with Gasteiger partial charge in [0, 0.05) is 0 Å². The summed E-state index contributed by atoms with van der Waals surface area (Å²) in [6.07, 6.45) is -4.48. The third kappa shape index (κ3) is 6.61. The molecule has 100 valence electrons. The Bertz CT molecular complexity index is 442. The van der Waals surface area contributed by atoms with Crippen LogP contribution in [0.5, 0.6) is 5.75 Å². The maximum atomic E-state index is 11.8. The van der Waals surface area contributed by atoms with E-state index < -0.39 is 20.6 Å². The molecule has 0 atom stereocenters. The molecule has 0 unspecified atom stereocenters. The van der Waals surface area contributed by atoms with Crippen LogP contribution in [-0.2, 0) is 9.30 Å². The van der Waals surface area contributed by atoms with Gasteiger partial charge in [0.25, 0.3) is 0 Å². The van der Waals surface area contributed by atoms with Crippen molar-refractivity contribution in [2.75, 3.05) is 6.61 Å². The molecule has 0 aliphatic carbocycles. The van der Waals surface area contributed by atoms with Gasteiger partial charge < -0.3 is 9.26 Å². The highest BCUT2D eigenvalue weighted by Gasteiger charge is 2.27. The van der Waals surface area contributed by atoms with Gasteiger partial charge in [0.15, 0.2) is 6.61 Å². The molecule has 0 heterocycles. The molecule has 2 radical (unpaired) electrons. The third-order valence-electron chi connectivity index (χ3n) is 1.48. The Kier molecular flexibility index (Phi) is 4.75. The summed E-state index contributed by atoms with van der Waals surface area (Å²) in [6.45, 7) is 0.471. The number of rotatable bonds is 5. The number of benzene rings is 1. The number of hydrogen-bond acceptors (Lipinski definition) is 3. The number of alkyl halides is 3. The van der Waals surface area contributed by atoms with Gasteiger partial charge in [-0.3, -0.25) is 9.79 Å². The zero-order valence-corrected chi connectivity index (χ0v) is 9.61. The molecule has 0 amide bonds. The molecule has 5 nitrogen and oxygen atoms in total. The van der Waals surface area contributed by atoms with E-state index in [2.05, 4.69) is 9.26 Å². The van der Waals surface area contributed by atoms with Gasteiger partial charge in [-0.2, -0.15) is 13.2 Å². The van der Waals surface area contributed by atoms with Crippen LogP contribution in [0.25, 0.3) is 0 Å². The first kappa shape index (κ1) is 15.0. The van der Waals surface area contributed by atoms with Crippen molar-refractivity contribution in [2.45, 2.75) is 6.18 Å². The van der Waals surface area contributed by atoms with E-state index >= 15 is 0 Å². The van der Waals surface area contributed by atoms with Gasteiger partial charge in [0.1, 0.15) is 12.4 Å². The molecule has 1 rings (SSSR count). The lowest BCUT2D eigenvalue weighted by atomic mass is 10.2. The number of phosphoric acid groups is 1. The van der Waals surface area contributed by atoms with Crippen molar-refractivity contribution >= 4 is 7.82 Å². The fourth-order valence-corrected chi connectivity index (χ4v) is 1.34. The molecule has 0 fully saturated rings. The quantitative estimate of drug-likeness (QED) is 0.810. The van der Waals surface area contributed by atoms with Crippen molar-refractivity contribution in [3.05, 3.63) is 36.4 Å². The molecule has 1 aromatic carbocycles. The molecule has 2 N–H and O–H groups in total. The lowest BCUT2D eigenvalue weighted by molar-refractivity contribution is -0.165. The second kappa shape index (κ2) is 5.71. The van der Waals surface area contributed by atoms with Gasteiger partial charge in [-0.25, -0.2) is 4.57 Å². The van der Waals surface area contributed by atoms with Crippen LogP contribution in [0.15, 0.2) is 24.3 Å². The highest BCUT2D eigenvalue weighted by molar-refractivity contribution is 7.46. The van der Waals surface area contributed by atoms with E-state index in [-0.39, 0.29) is 11.3 Å². The minimum Gasteiger partial charge on any atom is -0.404 e. The Hall–Kier alpha value is -1.08. The van der Waals surface area contributed by atoms with Gasteiger partial charge in [0.2, 0.25) is 0 Å². The van der Waals surface area contributed by atoms with Crippen molar-refractivity contribution in [3.63, 3.8) is 0 Å². The summed E-state index contributed by atoms with van der Waals surface area (Å²) in [5.74, 6) is -0.205. The van der Waals surface area contributed by atoms with Crippen LogP contribution in [0.2, 0.25) is 0 Å². The van der Waals surface area contributed by atoms with E-state index in [0.29, 0.717) is 0 Å². The Morgan fingerprint density at radius 2 is 2.00 bits per heavy atom. The van der Waals surface area contributed by atoms with Gasteiger partial charge in [-0.15, -0.1) is 0 Å². The largest absolute Gasteiger partial charge is 0.524 e. The zero-order chi connectivity index (χ0) is 13.8. The fraction of sp³-hybridized carbons (Fsp3) is 0.222. The summed E-state index contributed by atoms with van der Waals surface area (Å²) in [4.78, 5) is 17.1. The Morgan fingerprint density at radius 1 is 1.33 bits per heavy atom. The number of halogens is 3. The Morgan fingerprint density at radius 3 is 2.56 bits per heavy atom. The lowest BCUT2D eigenvalue weighted by Crippen LogP contribution is -2.16. The zero-order valence-electron chi connectivity index (χ0n) is 8.72. The first-order chi connectivity index (χ1) is 8.16. The number of phosphoric ester groups is 1. The first-order valence-corrected chi connectivity index (χ1v) is 5.98. The van der Waals surface area contributed by atoms with E-state index in [1.807, 2.05) is 6.61 Å². The van der Waals surface area contributed by atoms with Crippen LogP contribution in [0.4, 0.5) is 13.2 Å². The Labute approximate surface area is 100 Å². The molecular weight excluding hydrogens is 276 g/mol. The molecule has 0 spiro atoms. The van der Waals surface area contributed by atoms with E-state index in [0.717, 1.165) is 6.07 Å². The molecule has 0 aliphatic heterocycles. The van der Waals surface area contributed by atoms with E-state index in [1.54, 1.807) is 0 Å². The predicted octanol–water partition coefficient (Wildman–Crippen LogP) is 2.12. The lowest BCUT2D eigenvalue weighted by Gasteiger charge is -2.09. The van der Waals surface area contributed by atoms with Gasteiger partial charge in [-0.1, -0.05) is 12.1 Å². The highest BCUT2D eigenvalue weighted by atomic mass is 31.2.